The Kier molecular flexibility index (Phi) is 3.18. The van der Waals surface area contributed by atoms with Crippen molar-refractivity contribution in [2.45, 2.75) is 0 Å². The molecule has 1 aromatic heterocycles. The lowest BCUT2D eigenvalue weighted by molar-refractivity contribution is -0.104. The molecule has 0 saturated heterocycles. The van der Waals surface area contributed by atoms with Gasteiger partial charge in [0, 0.05) is 6.20 Å². The molecule has 3 nitrogen and oxygen atoms in total. The summed E-state index contributed by atoms with van der Waals surface area (Å²) in [4.78, 5) is 13.8. The topological polar surface area (TPSA) is 53.8 Å². The molecule has 13 heavy (non-hydrogen) atoms. The molecule has 0 aliphatic carbocycles. The molecule has 1 heterocycles. The minimum absolute atomic E-state index is 0.172. The third-order valence-electron chi connectivity index (χ3n) is 1.35. The standard InChI is InChI=1S/C9H5ClN2O/c10-9-8(5-11)4-7(6-12-9)2-1-3-13/h1-4,6H. The van der Waals surface area contributed by atoms with Gasteiger partial charge in [0.15, 0.2) is 0 Å². The SMILES string of the molecule is N#Cc1cc(C=CC=O)cnc1Cl. The van der Waals surface area contributed by atoms with Crippen molar-refractivity contribution >= 4 is 24.0 Å². The summed E-state index contributed by atoms with van der Waals surface area (Å²) in [5.41, 5.74) is 0.975. The van der Waals surface area contributed by atoms with Crippen molar-refractivity contribution in [2.24, 2.45) is 0 Å². The summed E-state index contributed by atoms with van der Waals surface area (Å²) in [5.74, 6) is 0. The first-order valence-corrected chi connectivity index (χ1v) is 3.83. The number of halogens is 1. The minimum atomic E-state index is 0.172. The minimum Gasteiger partial charge on any atom is -0.299 e. The number of pyridine rings is 1. The highest BCUT2D eigenvalue weighted by molar-refractivity contribution is 6.30. The zero-order valence-corrected chi connectivity index (χ0v) is 7.32. The number of carbonyl (C=O) groups is 1. The first-order valence-electron chi connectivity index (χ1n) is 3.45. The summed E-state index contributed by atoms with van der Waals surface area (Å²) in [6.07, 6.45) is 5.02. The molecule has 0 aromatic carbocycles. The van der Waals surface area contributed by atoms with Crippen LogP contribution in [0, 0.1) is 11.3 Å². The second-order valence-electron chi connectivity index (χ2n) is 2.21. The lowest BCUT2D eigenvalue weighted by Gasteiger charge is -1.94. The summed E-state index contributed by atoms with van der Waals surface area (Å²) in [5, 5.41) is 8.77. The van der Waals surface area contributed by atoms with E-state index in [1.807, 2.05) is 6.07 Å². The van der Waals surface area contributed by atoms with Crippen LogP contribution < -0.4 is 0 Å². The van der Waals surface area contributed by atoms with Crippen molar-refractivity contribution in [1.82, 2.24) is 4.98 Å². The monoisotopic (exact) mass is 192 g/mol. The van der Waals surface area contributed by atoms with E-state index in [0.717, 1.165) is 0 Å². The highest BCUT2D eigenvalue weighted by Gasteiger charge is 1.99. The van der Waals surface area contributed by atoms with Crippen LogP contribution in [0.5, 0.6) is 0 Å². The molecule has 0 atom stereocenters. The molecule has 0 aliphatic heterocycles. The van der Waals surface area contributed by atoms with Crippen LogP contribution in [0.2, 0.25) is 5.15 Å². The van der Waals surface area contributed by atoms with Crippen LogP contribution >= 0.6 is 11.6 Å². The smallest absolute Gasteiger partial charge is 0.146 e. The lowest BCUT2D eigenvalue weighted by atomic mass is 10.2. The van der Waals surface area contributed by atoms with Crippen LogP contribution in [0.1, 0.15) is 11.1 Å². The van der Waals surface area contributed by atoms with Gasteiger partial charge in [-0.3, -0.25) is 4.79 Å². The van der Waals surface area contributed by atoms with Gasteiger partial charge in [-0.1, -0.05) is 17.7 Å². The summed E-state index contributed by atoms with van der Waals surface area (Å²) >= 11 is 5.60. The van der Waals surface area contributed by atoms with E-state index >= 15 is 0 Å². The molecule has 0 aliphatic rings. The Labute approximate surface area is 80.3 Å². The molecule has 0 spiro atoms. The Morgan fingerprint density at radius 2 is 2.38 bits per heavy atom. The number of carbonyl (C=O) groups excluding carboxylic acids is 1. The van der Waals surface area contributed by atoms with Crippen molar-refractivity contribution in [3.63, 3.8) is 0 Å². The number of hydrogen-bond acceptors (Lipinski definition) is 3. The fourth-order valence-electron chi connectivity index (χ4n) is 0.784. The maximum atomic E-state index is 10.0. The van der Waals surface area contributed by atoms with Crippen LogP contribution in [-0.2, 0) is 4.79 Å². The molecule has 0 radical (unpaired) electrons. The van der Waals surface area contributed by atoms with E-state index in [-0.39, 0.29) is 5.15 Å². The van der Waals surface area contributed by atoms with Crippen LogP contribution in [0.4, 0.5) is 0 Å². The number of nitrogens with zero attached hydrogens (tertiary/aromatic N) is 2. The Bertz CT molecular complexity index is 393. The normalized spacial score (nSPS) is 9.85. The largest absolute Gasteiger partial charge is 0.299 e. The third-order valence-corrected chi connectivity index (χ3v) is 1.65. The van der Waals surface area contributed by atoms with E-state index in [4.69, 9.17) is 16.9 Å². The van der Waals surface area contributed by atoms with Crippen molar-refractivity contribution in [3.8, 4) is 6.07 Å². The van der Waals surface area contributed by atoms with Gasteiger partial charge in [-0.25, -0.2) is 4.98 Å². The van der Waals surface area contributed by atoms with Gasteiger partial charge in [-0.15, -0.1) is 0 Å². The Morgan fingerprint density at radius 1 is 1.62 bits per heavy atom. The molecule has 0 N–H and O–H groups in total. The highest BCUT2D eigenvalue weighted by Crippen LogP contribution is 2.13. The van der Waals surface area contributed by atoms with Crippen LogP contribution in [0.15, 0.2) is 18.3 Å². The second kappa shape index (κ2) is 4.39. The van der Waals surface area contributed by atoms with E-state index in [1.165, 1.54) is 12.3 Å². The van der Waals surface area contributed by atoms with E-state index in [2.05, 4.69) is 4.98 Å². The maximum absolute atomic E-state index is 10.0. The van der Waals surface area contributed by atoms with E-state index in [0.29, 0.717) is 17.4 Å². The van der Waals surface area contributed by atoms with Gasteiger partial charge >= 0.3 is 0 Å². The van der Waals surface area contributed by atoms with E-state index in [1.54, 1.807) is 12.1 Å². The molecule has 64 valence electrons. The van der Waals surface area contributed by atoms with Crippen LogP contribution in [-0.4, -0.2) is 11.3 Å². The van der Waals surface area contributed by atoms with Gasteiger partial charge in [-0.05, 0) is 17.7 Å². The average molecular weight is 193 g/mol. The summed E-state index contributed by atoms with van der Waals surface area (Å²) < 4.78 is 0. The average Bonchev–Trinajstić information content (AvgIpc) is 2.16. The molecule has 0 saturated carbocycles. The lowest BCUT2D eigenvalue weighted by Crippen LogP contribution is -1.84. The number of rotatable bonds is 2. The molecule has 0 unspecified atom stereocenters. The predicted molar refractivity (Wildman–Crippen MR) is 49.1 cm³/mol. The van der Waals surface area contributed by atoms with Crippen molar-refractivity contribution in [1.29, 1.82) is 5.26 Å². The molecule has 1 rings (SSSR count). The number of aldehydes is 1. The molecule has 0 fully saturated rings. The van der Waals surface area contributed by atoms with Crippen molar-refractivity contribution < 1.29 is 4.79 Å². The third kappa shape index (κ3) is 2.39. The number of allylic oxidation sites excluding steroid dienone is 1. The first kappa shape index (κ1) is 9.43. The maximum Gasteiger partial charge on any atom is 0.146 e. The first-order chi connectivity index (χ1) is 6.27. The zero-order chi connectivity index (χ0) is 9.68. The number of nitriles is 1. The molecular formula is C9H5ClN2O. The van der Waals surface area contributed by atoms with Gasteiger partial charge in [0.25, 0.3) is 0 Å². The molecule has 0 amide bonds. The van der Waals surface area contributed by atoms with Crippen molar-refractivity contribution in [2.75, 3.05) is 0 Å². The van der Waals surface area contributed by atoms with Gasteiger partial charge in [-0.2, -0.15) is 5.26 Å². The fourth-order valence-corrected chi connectivity index (χ4v) is 0.930. The van der Waals surface area contributed by atoms with Gasteiger partial charge in [0.05, 0.1) is 5.56 Å². The number of aromatic nitrogens is 1. The van der Waals surface area contributed by atoms with Gasteiger partial charge < -0.3 is 0 Å². The zero-order valence-electron chi connectivity index (χ0n) is 6.57. The molecule has 0 bridgehead atoms. The Balaban J connectivity index is 3.08. The second-order valence-corrected chi connectivity index (χ2v) is 2.57. The van der Waals surface area contributed by atoms with Crippen LogP contribution in [0.3, 0.4) is 0 Å². The van der Waals surface area contributed by atoms with E-state index < -0.39 is 0 Å². The van der Waals surface area contributed by atoms with Gasteiger partial charge in [0.1, 0.15) is 17.5 Å². The molecule has 1 aromatic rings. The summed E-state index contributed by atoms with van der Waals surface area (Å²) in [6, 6.07) is 3.46. The fraction of sp³-hybridized carbons (Fsp3) is 0. The summed E-state index contributed by atoms with van der Waals surface area (Å²) in [7, 11) is 0. The molecular weight excluding hydrogens is 188 g/mol. The quantitative estimate of drug-likeness (QED) is 0.408. The Hall–Kier alpha value is -1.66. The highest BCUT2D eigenvalue weighted by atomic mass is 35.5. The predicted octanol–water partition coefficient (Wildman–Crippen LogP) is 1.82. The number of hydrogen-bond donors (Lipinski definition) is 0. The van der Waals surface area contributed by atoms with E-state index in [9.17, 15) is 4.79 Å². The van der Waals surface area contributed by atoms with Gasteiger partial charge in [0.2, 0.25) is 0 Å². The van der Waals surface area contributed by atoms with Crippen LogP contribution in [0.25, 0.3) is 6.08 Å². The molecule has 4 heteroatoms. The summed E-state index contributed by atoms with van der Waals surface area (Å²) in [6.45, 7) is 0. The Morgan fingerprint density at radius 3 is 3.00 bits per heavy atom. The van der Waals surface area contributed by atoms with Crippen molar-refractivity contribution in [3.05, 3.63) is 34.6 Å².